The van der Waals surface area contributed by atoms with Crippen LogP contribution in [-0.4, -0.2) is 45.8 Å². The van der Waals surface area contributed by atoms with E-state index < -0.39 is 23.4 Å². The number of cyclic esters (lactones) is 1. The maximum Gasteiger partial charge on any atom is 0.310 e. The van der Waals surface area contributed by atoms with Crippen molar-refractivity contribution in [1.29, 1.82) is 0 Å². The molecule has 1 saturated heterocycles. The second-order valence-electron chi connectivity index (χ2n) is 8.14. The molecule has 5 rings (SSSR count). The molecule has 3 aliphatic rings. The molecule has 8 nitrogen and oxygen atoms in total. The van der Waals surface area contributed by atoms with Gasteiger partial charge < -0.3 is 33.5 Å². The van der Waals surface area contributed by atoms with Crippen molar-refractivity contribution < 1.29 is 38.3 Å². The number of ether oxygens (including phenoxy) is 6. The standard InChI is InChI=1S/C23H24O8/c1-23(25)13-8-16-15(30-10-31-16)7-12(13)19(20-14(23)9-29-22(20)24)11-5-17(26-2)21(28-4)18(6-11)27-3/h5-8,14,19-20,25H,9-10H2,1-4H3. The zero-order valence-corrected chi connectivity index (χ0v) is 17.8. The van der Waals surface area contributed by atoms with Gasteiger partial charge in [0.05, 0.1) is 39.5 Å². The monoisotopic (exact) mass is 428 g/mol. The van der Waals surface area contributed by atoms with E-state index in [1.54, 1.807) is 21.1 Å². The summed E-state index contributed by atoms with van der Waals surface area (Å²) in [5.41, 5.74) is 0.988. The Balaban J connectivity index is 1.77. The molecule has 0 amide bonds. The van der Waals surface area contributed by atoms with Crippen LogP contribution in [0.15, 0.2) is 24.3 Å². The minimum atomic E-state index is -1.27. The number of benzene rings is 2. The van der Waals surface area contributed by atoms with Crippen molar-refractivity contribution >= 4 is 5.97 Å². The van der Waals surface area contributed by atoms with Crippen molar-refractivity contribution in [3.63, 3.8) is 0 Å². The summed E-state index contributed by atoms with van der Waals surface area (Å²) in [6.07, 6.45) is 0. The molecule has 2 aromatic carbocycles. The molecule has 4 atom stereocenters. The molecule has 2 heterocycles. The normalized spacial score (nSPS) is 27.9. The third kappa shape index (κ3) is 2.74. The van der Waals surface area contributed by atoms with Crippen LogP contribution in [0.5, 0.6) is 28.7 Å². The fraction of sp³-hybridized carbons (Fsp3) is 0.435. The molecule has 8 heteroatoms. The van der Waals surface area contributed by atoms with Gasteiger partial charge >= 0.3 is 5.97 Å². The van der Waals surface area contributed by atoms with Gasteiger partial charge in [-0.1, -0.05) is 0 Å². The fourth-order valence-electron chi connectivity index (χ4n) is 5.13. The van der Waals surface area contributed by atoms with Crippen molar-refractivity contribution in [3.8, 4) is 28.7 Å². The van der Waals surface area contributed by atoms with E-state index in [-0.39, 0.29) is 19.4 Å². The van der Waals surface area contributed by atoms with Crippen LogP contribution in [0.4, 0.5) is 0 Å². The van der Waals surface area contributed by atoms with Gasteiger partial charge in [-0.3, -0.25) is 4.79 Å². The molecule has 1 N–H and O–H groups in total. The van der Waals surface area contributed by atoms with Crippen LogP contribution in [0.2, 0.25) is 0 Å². The number of fused-ring (bicyclic) bond motifs is 3. The van der Waals surface area contributed by atoms with Crippen LogP contribution in [-0.2, 0) is 15.1 Å². The summed E-state index contributed by atoms with van der Waals surface area (Å²) in [6.45, 7) is 1.98. The van der Waals surface area contributed by atoms with Gasteiger partial charge in [0.15, 0.2) is 23.0 Å². The van der Waals surface area contributed by atoms with Crippen molar-refractivity contribution in [2.24, 2.45) is 11.8 Å². The van der Waals surface area contributed by atoms with E-state index in [0.29, 0.717) is 34.3 Å². The Morgan fingerprint density at radius 2 is 1.61 bits per heavy atom. The van der Waals surface area contributed by atoms with Crippen LogP contribution >= 0.6 is 0 Å². The summed E-state index contributed by atoms with van der Waals surface area (Å²) in [7, 11) is 4.63. The molecule has 164 valence electrons. The van der Waals surface area contributed by atoms with Crippen molar-refractivity contribution in [3.05, 3.63) is 41.0 Å². The molecular formula is C23H24O8. The number of esters is 1. The van der Waals surface area contributed by atoms with E-state index in [4.69, 9.17) is 28.4 Å². The van der Waals surface area contributed by atoms with Gasteiger partial charge in [-0.25, -0.2) is 0 Å². The van der Waals surface area contributed by atoms with Crippen molar-refractivity contribution in [2.75, 3.05) is 34.7 Å². The Bertz CT molecular complexity index is 1030. The van der Waals surface area contributed by atoms with Crippen LogP contribution in [0, 0.1) is 11.8 Å². The second kappa shape index (κ2) is 6.95. The molecule has 4 unspecified atom stereocenters. The Labute approximate surface area is 179 Å². The quantitative estimate of drug-likeness (QED) is 0.743. The first-order valence-corrected chi connectivity index (χ1v) is 10.0. The minimum Gasteiger partial charge on any atom is -0.493 e. The second-order valence-corrected chi connectivity index (χ2v) is 8.14. The van der Waals surface area contributed by atoms with E-state index in [1.807, 2.05) is 24.3 Å². The first-order valence-electron chi connectivity index (χ1n) is 10.0. The predicted molar refractivity (Wildman–Crippen MR) is 108 cm³/mol. The molecule has 0 bridgehead atoms. The van der Waals surface area contributed by atoms with Crippen LogP contribution in [0.3, 0.4) is 0 Å². The number of carbonyl (C=O) groups excluding carboxylic acids is 1. The first-order chi connectivity index (χ1) is 14.9. The molecule has 1 aliphatic carbocycles. The van der Waals surface area contributed by atoms with Gasteiger partial charge in [0, 0.05) is 11.8 Å². The average Bonchev–Trinajstić information content (AvgIpc) is 3.39. The molecule has 2 aromatic rings. The Hall–Kier alpha value is -3.13. The Kier molecular flexibility index (Phi) is 4.44. The smallest absolute Gasteiger partial charge is 0.310 e. The van der Waals surface area contributed by atoms with E-state index >= 15 is 0 Å². The molecule has 1 fully saturated rings. The third-order valence-corrected chi connectivity index (χ3v) is 6.66. The fourth-order valence-corrected chi connectivity index (χ4v) is 5.13. The Morgan fingerprint density at radius 1 is 0.968 bits per heavy atom. The number of hydrogen-bond donors (Lipinski definition) is 1. The molecule has 0 radical (unpaired) electrons. The van der Waals surface area contributed by atoms with Crippen LogP contribution in [0.25, 0.3) is 0 Å². The largest absolute Gasteiger partial charge is 0.493 e. The number of methoxy groups -OCH3 is 3. The van der Waals surface area contributed by atoms with E-state index in [9.17, 15) is 9.90 Å². The van der Waals surface area contributed by atoms with E-state index in [2.05, 4.69) is 0 Å². The SMILES string of the molecule is COc1cc(C2c3cc4c(cc3C(C)(O)C3COC(=O)C23)OCO4)cc(OC)c1OC. The molecule has 31 heavy (non-hydrogen) atoms. The zero-order chi connectivity index (χ0) is 21.9. The lowest BCUT2D eigenvalue weighted by molar-refractivity contribution is -0.142. The van der Waals surface area contributed by atoms with Crippen molar-refractivity contribution in [2.45, 2.75) is 18.4 Å². The molecule has 0 saturated carbocycles. The van der Waals surface area contributed by atoms with Gasteiger partial charge in [0.1, 0.15) is 0 Å². The zero-order valence-electron chi connectivity index (χ0n) is 17.8. The highest BCUT2D eigenvalue weighted by Gasteiger charge is 2.57. The first kappa shape index (κ1) is 19.8. The number of rotatable bonds is 4. The van der Waals surface area contributed by atoms with Crippen LogP contribution in [0.1, 0.15) is 29.5 Å². The van der Waals surface area contributed by atoms with Gasteiger partial charge in [-0.05, 0) is 47.9 Å². The van der Waals surface area contributed by atoms with Crippen molar-refractivity contribution in [1.82, 2.24) is 0 Å². The summed E-state index contributed by atoms with van der Waals surface area (Å²) >= 11 is 0. The predicted octanol–water partition coefficient (Wildman–Crippen LogP) is 2.58. The van der Waals surface area contributed by atoms with Gasteiger partial charge in [0.25, 0.3) is 0 Å². The summed E-state index contributed by atoms with van der Waals surface area (Å²) in [4.78, 5) is 12.9. The highest BCUT2D eigenvalue weighted by Crippen LogP contribution is 2.57. The molecule has 0 spiro atoms. The number of hydrogen-bond acceptors (Lipinski definition) is 8. The topological polar surface area (TPSA) is 92.7 Å². The van der Waals surface area contributed by atoms with Crippen LogP contribution < -0.4 is 23.7 Å². The highest BCUT2D eigenvalue weighted by molar-refractivity contribution is 5.79. The van der Waals surface area contributed by atoms with E-state index in [0.717, 1.165) is 11.1 Å². The maximum absolute atomic E-state index is 12.9. The minimum absolute atomic E-state index is 0.115. The molecule has 2 aliphatic heterocycles. The van der Waals surface area contributed by atoms with Gasteiger partial charge in [-0.2, -0.15) is 0 Å². The highest BCUT2D eigenvalue weighted by atomic mass is 16.7. The number of carbonyl (C=O) groups is 1. The third-order valence-electron chi connectivity index (χ3n) is 6.66. The maximum atomic E-state index is 12.9. The lowest BCUT2D eigenvalue weighted by Gasteiger charge is -2.43. The van der Waals surface area contributed by atoms with Gasteiger partial charge in [-0.15, -0.1) is 0 Å². The van der Waals surface area contributed by atoms with E-state index in [1.165, 1.54) is 7.11 Å². The summed E-state index contributed by atoms with van der Waals surface area (Å²) in [5, 5.41) is 11.5. The summed E-state index contributed by atoms with van der Waals surface area (Å²) in [5.74, 6) is 0.850. The summed E-state index contributed by atoms with van der Waals surface area (Å²) < 4.78 is 33.1. The molecule has 0 aromatic heterocycles. The lowest BCUT2D eigenvalue weighted by atomic mass is 9.61. The lowest BCUT2D eigenvalue weighted by Crippen LogP contribution is -2.45. The number of aliphatic hydroxyl groups is 1. The van der Waals surface area contributed by atoms with Gasteiger partial charge in [0.2, 0.25) is 12.5 Å². The summed E-state index contributed by atoms with van der Waals surface area (Å²) in [6, 6.07) is 7.33. The Morgan fingerprint density at radius 3 is 2.23 bits per heavy atom. The molecular weight excluding hydrogens is 404 g/mol. The average molecular weight is 428 g/mol.